The Morgan fingerprint density at radius 1 is 0.857 bits per heavy atom. The summed E-state index contributed by atoms with van der Waals surface area (Å²) in [5, 5.41) is 3.47. The van der Waals surface area contributed by atoms with Crippen LogP contribution in [0.15, 0.2) is 130 Å². The van der Waals surface area contributed by atoms with E-state index in [4.69, 9.17) is 4.99 Å². The summed E-state index contributed by atoms with van der Waals surface area (Å²) in [5.41, 5.74) is 5.65. The van der Waals surface area contributed by atoms with Gasteiger partial charge in [0.05, 0.1) is 0 Å². The number of allylic oxidation sites excluding steroid dienone is 13. The molecule has 0 saturated heterocycles. The van der Waals surface area contributed by atoms with Crippen LogP contribution in [0.2, 0.25) is 0 Å². The van der Waals surface area contributed by atoms with Crippen molar-refractivity contribution in [1.82, 2.24) is 5.32 Å². The lowest BCUT2D eigenvalue weighted by molar-refractivity contribution is 0.262. The molecule has 0 unspecified atom stereocenters. The molecule has 1 saturated carbocycles. The quantitative estimate of drug-likeness (QED) is 0.118. The molecule has 0 heterocycles. The predicted molar refractivity (Wildman–Crippen MR) is 186 cm³/mol. The Balaban J connectivity index is 3.01. The molecule has 0 spiro atoms. The SMILES string of the molecule is C=C/C(=C\C)C(=C)C=N/C(=C\C)[C@H](C(=C)C)C1CCC(NC(=C)N=C/C(=C(C)/C(C=C)=C/C(C)=C\C)C(C)(C)F)CC1. The molecular weight excluding hydrogens is 517 g/mol. The van der Waals surface area contributed by atoms with Crippen LogP contribution >= 0.6 is 0 Å². The van der Waals surface area contributed by atoms with Gasteiger partial charge in [0.1, 0.15) is 11.5 Å². The highest BCUT2D eigenvalue weighted by Gasteiger charge is 2.30. The number of hydrogen-bond donors (Lipinski definition) is 1. The predicted octanol–water partition coefficient (Wildman–Crippen LogP) is 10.7. The Bertz CT molecular complexity index is 1230. The fourth-order valence-corrected chi connectivity index (χ4v) is 5.40. The third-order valence-corrected chi connectivity index (χ3v) is 7.92. The normalized spacial score (nSPS) is 20.8. The largest absolute Gasteiger partial charge is 0.368 e. The molecule has 4 heteroatoms. The van der Waals surface area contributed by atoms with Gasteiger partial charge < -0.3 is 5.32 Å². The minimum absolute atomic E-state index is 0.180. The van der Waals surface area contributed by atoms with Gasteiger partial charge in [-0.3, -0.25) is 4.99 Å². The second-order valence-electron chi connectivity index (χ2n) is 11.6. The van der Waals surface area contributed by atoms with Crippen LogP contribution in [-0.2, 0) is 0 Å². The van der Waals surface area contributed by atoms with Crippen molar-refractivity contribution < 1.29 is 4.39 Å². The number of halogens is 1. The topological polar surface area (TPSA) is 36.8 Å². The van der Waals surface area contributed by atoms with Gasteiger partial charge in [-0.15, -0.1) is 0 Å². The fourth-order valence-electron chi connectivity index (χ4n) is 5.40. The van der Waals surface area contributed by atoms with Gasteiger partial charge in [-0.25, -0.2) is 9.38 Å². The Hall–Kier alpha value is -3.53. The molecule has 0 radical (unpaired) electrons. The van der Waals surface area contributed by atoms with Crippen molar-refractivity contribution in [3.05, 3.63) is 120 Å². The zero-order valence-electron chi connectivity index (χ0n) is 27.5. The van der Waals surface area contributed by atoms with Crippen molar-refractivity contribution >= 4 is 12.4 Å². The first-order valence-electron chi connectivity index (χ1n) is 14.9. The first kappa shape index (κ1) is 36.5. The highest BCUT2D eigenvalue weighted by atomic mass is 19.1. The summed E-state index contributed by atoms with van der Waals surface area (Å²) in [7, 11) is 0. The standard InChI is InChI=1S/C38H54FN3/c1-14-27(8)23-32(17-4)29(10)35(38(12,13)39)25-40-30(11)42-34-21-19-33(20-22-34)37(26(6)7)36(18-5)41-24-28(9)31(15-2)16-3/h14-18,23-25,33-34,37,42H,2,4,6,9,11,19-22H2,1,3,5,7-8,10,12-13H3/b27-14-,31-16+,32-23+,35-29-,36-18-,40-25?,41-24?/t33?,34?,37-/m1/s1. The van der Waals surface area contributed by atoms with Gasteiger partial charge in [0, 0.05) is 35.7 Å². The number of alkyl halides is 1. The highest BCUT2D eigenvalue weighted by molar-refractivity contribution is 5.86. The number of aliphatic imine (C=N–C) groups is 2. The van der Waals surface area contributed by atoms with E-state index >= 15 is 4.39 Å². The van der Waals surface area contributed by atoms with Crippen LogP contribution < -0.4 is 5.32 Å². The second kappa shape index (κ2) is 17.4. The van der Waals surface area contributed by atoms with E-state index in [1.807, 2.05) is 59.1 Å². The van der Waals surface area contributed by atoms with Gasteiger partial charge >= 0.3 is 0 Å². The molecular formula is C38H54FN3. The molecule has 1 atom stereocenters. The molecule has 0 aromatic carbocycles. The summed E-state index contributed by atoms with van der Waals surface area (Å²) in [6.07, 6.45) is 19.1. The number of rotatable bonds is 15. The van der Waals surface area contributed by atoms with Crippen molar-refractivity contribution in [1.29, 1.82) is 0 Å². The van der Waals surface area contributed by atoms with Gasteiger partial charge in [-0.2, -0.15) is 0 Å². The molecule has 1 fully saturated rings. The zero-order valence-corrected chi connectivity index (χ0v) is 27.5. The van der Waals surface area contributed by atoms with Gasteiger partial charge in [0.25, 0.3) is 0 Å². The van der Waals surface area contributed by atoms with Crippen molar-refractivity contribution in [3.8, 4) is 0 Å². The highest BCUT2D eigenvalue weighted by Crippen LogP contribution is 2.38. The van der Waals surface area contributed by atoms with Crippen LogP contribution in [0.5, 0.6) is 0 Å². The Morgan fingerprint density at radius 3 is 1.90 bits per heavy atom. The van der Waals surface area contributed by atoms with Crippen LogP contribution in [-0.4, -0.2) is 24.1 Å². The minimum atomic E-state index is -1.57. The second-order valence-corrected chi connectivity index (χ2v) is 11.6. The van der Waals surface area contributed by atoms with Gasteiger partial charge in [-0.1, -0.05) is 80.5 Å². The fraction of sp³-hybridized carbons (Fsp3) is 0.421. The smallest absolute Gasteiger partial charge is 0.132 e. The van der Waals surface area contributed by atoms with Crippen molar-refractivity contribution in [2.45, 2.75) is 92.8 Å². The molecule has 42 heavy (non-hydrogen) atoms. The molecule has 0 aromatic rings. The molecule has 0 aliphatic heterocycles. The molecule has 0 bridgehead atoms. The van der Waals surface area contributed by atoms with E-state index in [9.17, 15) is 0 Å². The van der Waals surface area contributed by atoms with Gasteiger partial charge in [0.15, 0.2) is 0 Å². The average Bonchev–Trinajstić information content (AvgIpc) is 2.94. The molecule has 0 aromatic heterocycles. The van der Waals surface area contributed by atoms with E-state index in [0.29, 0.717) is 17.3 Å². The maximum absolute atomic E-state index is 15.3. The maximum Gasteiger partial charge on any atom is 0.132 e. The first-order chi connectivity index (χ1) is 19.7. The summed E-state index contributed by atoms with van der Waals surface area (Å²) < 4.78 is 15.3. The summed E-state index contributed by atoms with van der Waals surface area (Å²) in [6.45, 7) is 35.4. The average molecular weight is 572 g/mol. The monoisotopic (exact) mass is 571 g/mol. The van der Waals surface area contributed by atoms with E-state index < -0.39 is 5.67 Å². The van der Waals surface area contributed by atoms with Crippen LogP contribution in [0.4, 0.5) is 4.39 Å². The molecule has 1 aliphatic rings. The number of hydrogen-bond acceptors (Lipinski definition) is 3. The lowest BCUT2D eigenvalue weighted by Gasteiger charge is -2.35. The molecule has 1 rings (SSSR count). The molecule has 228 valence electrons. The van der Waals surface area contributed by atoms with Crippen LogP contribution in [0.1, 0.15) is 81.1 Å². The molecule has 3 nitrogen and oxygen atoms in total. The summed E-state index contributed by atoms with van der Waals surface area (Å²) in [4.78, 5) is 9.38. The van der Waals surface area contributed by atoms with Crippen LogP contribution in [0, 0.1) is 11.8 Å². The Morgan fingerprint density at radius 2 is 1.45 bits per heavy atom. The third kappa shape index (κ3) is 11.0. The Kier molecular flexibility index (Phi) is 15.1. The van der Waals surface area contributed by atoms with Crippen LogP contribution in [0.3, 0.4) is 0 Å². The summed E-state index contributed by atoms with van der Waals surface area (Å²) >= 11 is 0. The van der Waals surface area contributed by atoms with E-state index in [1.165, 1.54) is 0 Å². The lowest BCUT2D eigenvalue weighted by atomic mass is 9.74. The summed E-state index contributed by atoms with van der Waals surface area (Å²) in [6, 6.07) is 0.256. The van der Waals surface area contributed by atoms with Crippen LogP contribution in [0.25, 0.3) is 0 Å². The maximum atomic E-state index is 15.3. The number of nitrogens with one attached hydrogen (secondary N) is 1. The lowest BCUT2D eigenvalue weighted by Crippen LogP contribution is -2.34. The van der Waals surface area contributed by atoms with Gasteiger partial charge in [-0.05, 0) is 109 Å². The van der Waals surface area contributed by atoms with E-state index in [-0.39, 0.29) is 12.0 Å². The van der Waals surface area contributed by atoms with E-state index in [1.54, 1.807) is 32.2 Å². The van der Waals surface area contributed by atoms with E-state index in [2.05, 4.69) is 56.2 Å². The van der Waals surface area contributed by atoms with Crippen molar-refractivity contribution in [3.63, 3.8) is 0 Å². The molecule has 1 aliphatic carbocycles. The molecule has 0 amide bonds. The van der Waals surface area contributed by atoms with Crippen molar-refractivity contribution in [2.24, 2.45) is 21.8 Å². The molecule has 1 N–H and O–H groups in total. The third-order valence-electron chi connectivity index (χ3n) is 7.92. The van der Waals surface area contributed by atoms with Crippen molar-refractivity contribution in [2.75, 3.05) is 0 Å². The minimum Gasteiger partial charge on any atom is -0.368 e. The zero-order chi connectivity index (χ0) is 32.0. The van der Waals surface area contributed by atoms with Gasteiger partial charge in [0.2, 0.25) is 0 Å². The Labute approximate surface area is 256 Å². The number of nitrogens with zero attached hydrogens (tertiary/aromatic N) is 2. The first-order valence-corrected chi connectivity index (χ1v) is 14.9. The summed E-state index contributed by atoms with van der Waals surface area (Å²) in [5.74, 6) is 1.17. The van der Waals surface area contributed by atoms with E-state index in [0.717, 1.165) is 64.8 Å².